The minimum Gasteiger partial charge on any atom is -0.486 e. The highest BCUT2D eigenvalue weighted by atomic mass is 16.5. The molecule has 5 rings (SSSR count). The van der Waals surface area contributed by atoms with Gasteiger partial charge in [0.05, 0.1) is 18.4 Å². The van der Waals surface area contributed by atoms with Gasteiger partial charge in [-0.15, -0.1) is 0 Å². The van der Waals surface area contributed by atoms with Crippen LogP contribution in [0, 0.1) is 0 Å². The Morgan fingerprint density at radius 2 is 1.69 bits per heavy atom. The molecule has 32 heavy (non-hydrogen) atoms. The van der Waals surface area contributed by atoms with Crippen molar-refractivity contribution in [2.24, 2.45) is 0 Å². The van der Waals surface area contributed by atoms with E-state index in [9.17, 15) is 0 Å². The normalized spacial score (nSPS) is 13.0. The summed E-state index contributed by atoms with van der Waals surface area (Å²) in [5.74, 6) is 2.56. The smallest absolute Gasteiger partial charge is 0.180 e. The van der Waals surface area contributed by atoms with Crippen molar-refractivity contribution in [1.29, 1.82) is 0 Å². The van der Waals surface area contributed by atoms with E-state index in [4.69, 9.17) is 9.72 Å². The molecule has 0 atom stereocenters. The van der Waals surface area contributed by atoms with E-state index in [1.54, 1.807) is 6.20 Å². The molecule has 4 aromatic rings. The monoisotopic (exact) mass is 422 g/mol. The van der Waals surface area contributed by atoms with Gasteiger partial charge in [0, 0.05) is 18.3 Å². The van der Waals surface area contributed by atoms with Crippen LogP contribution < -0.4 is 9.64 Å². The maximum Gasteiger partial charge on any atom is 0.180 e. The zero-order valence-electron chi connectivity index (χ0n) is 18.4. The molecule has 2 aromatic carbocycles. The standard InChI is InChI=1S/C27H26N4O/c1-19(2)25-23(9-6-14-28-25)26-29-17-24-27(30-26)31(15-16-32-24)18-20-10-12-22(13-11-20)21-7-4-3-5-8-21/h3-14,17,19H,15-16,18H2,1-2H3. The molecule has 5 heteroatoms. The van der Waals surface area contributed by atoms with Crippen LogP contribution in [0.3, 0.4) is 0 Å². The van der Waals surface area contributed by atoms with Crippen LogP contribution in [0.4, 0.5) is 5.82 Å². The molecular formula is C27H26N4O. The molecule has 0 N–H and O–H groups in total. The number of rotatable bonds is 5. The Hall–Kier alpha value is -3.73. The highest BCUT2D eigenvalue weighted by molar-refractivity contribution is 5.65. The van der Waals surface area contributed by atoms with Crippen LogP contribution in [0.1, 0.15) is 31.0 Å². The SMILES string of the molecule is CC(C)c1ncccc1-c1ncc2c(n1)N(Cc1ccc(-c3ccccc3)cc1)CCO2. The van der Waals surface area contributed by atoms with Crippen molar-refractivity contribution >= 4 is 5.82 Å². The predicted molar refractivity (Wildman–Crippen MR) is 128 cm³/mol. The van der Waals surface area contributed by atoms with Crippen molar-refractivity contribution < 1.29 is 4.74 Å². The number of ether oxygens (including phenoxy) is 1. The Morgan fingerprint density at radius 3 is 2.47 bits per heavy atom. The van der Waals surface area contributed by atoms with Gasteiger partial charge in [-0.3, -0.25) is 4.98 Å². The third-order valence-electron chi connectivity index (χ3n) is 5.72. The Labute approximate surface area is 188 Å². The van der Waals surface area contributed by atoms with Crippen molar-refractivity contribution in [3.05, 3.63) is 90.4 Å². The van der Waals surface area contributed by atoms with E-state index in [2.05, 4.69) is 77.2 Å². The Morgan fingerprint density at radius 1 is 0.906 bits per heavy atom. The number of fused-ring (bicyclic) bond motifs is 1. The van der Waals surface area contributed by atoms with Crippen molar-refractivity contribution in [2.45, 2.75) is 26.3 Å². The van der Waals surface area contributed by atoms with Gasteiger partial charge >= 0.3 is 0 Å². The van der Waals surface area contributed by atoms with E-state index in [0.29, 0.717) is 18.3 Å². The third-order valence-corrected chi connectivity index (χ3v) is 5.72. The first kappa shape index (κ1) is 20.2. The van der Waals surface area contributed by atoms with E-state index >= 15 is 0 Å². The average Bonchev–Trinajstić information content (AvgIpc) is 2.85. The maximum absolute atomic E-state index is 5.85. The Bertz CT molecular complexity index is 1210. The lowest BCUT2D eigenvalue weighted by atomic mass is 10.0. The Kier molecular flexibility index (Phi) is 5.55. The number of anilines is 1. The van der Waals surface area contributed by atoms with Gasteiger partial charge in [-0.2, -0.15) is 0 Å². The second-order valence-corrected chi connectivity index (χ2v) is 8.31. The van der Waals surface area contributed by atoms with E-state index in [0.717, 1.165) is 35.9 Å². The van der Waals surface area contributed by atoms with Crippen molar-refractivity contribution in [2.75, 3.05) is 18.1 Å². The molecule has 1 aliphatic rings. The number of hydrogen-bond donors (Lipinski definition) is 0. The molecule has 3 heterocycles. The maximum atomic E-state index is 5.85. The number of nitrogens with zero attached hydrogens (tertiary/aromatic N) is 4. The number of benzene rings is 2. The summed E-state index contributed by atoms with van der Waals surface area (Å²) in [6.45, 7) is 6.46. The second-order valence-electron chi connectivity index (χ2n) is 8.31. The van der Waals surface area contributed by atoms with Crippen LogP contribution in [-0.4, -0.2) is 28.1 Å². The lowest BCUT2D eigenvalue weighted by Crippen LogP contribution is -2.33. The van der Waals surface area contributed by atoms with Gasteiger partial charge in [0.15, 0.2) is 17.4 Å². The van der Waals surface area contributed by atoms with Gasteiger partial charge < -0.3 is 9.64 Å². The molecule has 0 unspecified atom stereocenters. The quantitative estimate of drug-likeness (QED) is 0.411. The van der Waals surface area contributed by atoms with Gasteiger partial charge in [0.2, 0.25) is 0 Å². The molecule has 0 saturated carbocycles. The summed E-state index contributed by atoms with van der Waals surface area (Å²) in [7, 11) is 0. The van der Waals surface area contributed by atoms with Gasteiger partial charge in [0.1, 0.15) is 6.61 Å². The number of pyridine rings is 1. The van der Waals surface area contributed by atoms with E-state index in [1.807, 2.05) is 24.4 Å². The fraction of sp³-hybridized carbons (Fsp3) is 0.222. The fourth-order valence-electron chi connectivity index (χ4n) is 4.07. The fourth-order valence-corrected chi connectivity index (χ4v) is 4.07. The van der Waals surface area contributed by atoms with E-state index in [1.165, 1.54) is 16.7 Å². The lowest BCUT2D eigenvalue weighted by molar-refractivity contribution is 0.303. The van der Waals surface area contributed by atoms with E-state index < -0.39 is 0 Å². The van der Waals surface area contributed by atoms with Gasteiger partial charge in [-0.25, -0.2) is 9.97 Å². The van der Waals surface area contributed by atoms with Crippen molar-refractivity contribution in [3.63, 3.8) is 0 Å². The predicted octanol–water partition coefficient (Wildman–Crippen LogP) is 5.73. The Balaban J connectivity index is 1.43. The molecule has 0 spiro atoms. The van der Waals surface area contributed by atoms with Gasteiger partial charge in [-0.05, 0) is 34.7 Å². The summed E-state index contributed by atoms with van der Waals surface area (Å²) < 4.78 is 5.85. The van der Waals surface area contributed by atoms with Crippen molar-refractivity contribution in [3.8, 4) is 28.3 Å². The molecule has 160 valence electrons. The molecule has 1 aliphatic heterocycles. The molecule has 0 amide bonds. The molecule has 0 aliphatic carbocycles. The zero-order chi connectivity index (χ0) is 21.9. The molecule has 0 bridgehead atoms. The first-order valence-corrected chi connectivity index (χ1v) is 11.0. The highest BCUT2D eigenvalue weighted by Crippen LogP contribution is 2.33. The second kappa shape index (κ2) is 8.79. The van der Waals surface area contributed by atoms with Crippen LogP contribution >= 0.6 is 0 Å². The van der Waals surface area contributed by atoms with Crippen LogP contribution in [-0.2, 0) is 6.54 Å². The third kappa shape index (κ3) is 4.06. The van der Waals surface area contributed by atoms with Crippen molar-refractivity contribution in [1.82, 2.24) is 15.0 Å². The van der Waals surface area contributed by atoms with Gasteiger partial charge in [-0.1, -0.05) is 68.4 Å². The molecule has 2 aromatic heterocycles. The lowest BCUT2D eigenvalue weighted by Gasteiger charge is -2.30. The number of hydrogen-bond acceptors (Lipinski definition) is 5. The largest absolute Gasteiger partial charge is 0.486 e. The molecule has 0 radical (unpaired) electrons. The van der Waals surface area contributed by atoms with Crippen LogP contribution in [0.15, 0.2) is 79.1 Å². The minimum absolute atomic E-state index is 0.293. The highest BCUT2D eigenvalue weighted by Gasteiger charge is 2.22. The molecular weight excluding hydrogens is 396 g/mol. The van der Waals surface area contributed by atoms with Gasteiger partial charge in [0.25, 0.3) is 0 Å². The molecule has 5 nitrogen and oxygen atoms in total. The van der Waals surface area contributed by atoms with Crippen LogP contribution in [0.2, 0.25) is 0 Å². The summed E-state index contributed by atoms with van der Waals surface area (Å²) in [4.78, 5) is 16.3. The topological polar surface area (TPSA) is 51.1 Å². The molecule has 0 saturated heterocycles. The minimum atomic E-state index is 0.293. The first-order valence-electron chi connectivity index (χ1n) is 11.0. The molecule has 0 fully saturated rings. The summed E-state index contributed by atoms with van der Waals surface area (Å²) in [5.41, 5.74) is 5.67. The van der Waals surface area contributed by atoms with E-state index in [-0.39, 0.29) is 0 Å². The summed E-state index contributed by atoms with van der Waals surface area (Å²) >= 11 is 0. The average molecular weight is 423 g/mol. The summed E-state index contributed by atoms with van der Waals surface area (Å²) in [5, 5.41) is 0. The summed E-state index contributed by atoms with van der Waals surface area (Å²) in [6, 6.07) is 23.2. The number of aromatic nitrogens is 3. The first-order chi connectivity index (χ1) is 15.7. The van der Waals surface area contributed by atoms with Crippen LogP contribution in [0.25, 0.3) is 22.5 Å². The summed E-state index contributed by atoms with van der Waals surface area (Å²) in [6.07, 6.45) is 3.62. The zero-order valence-corrected chi connectivity index (χ0v) is 18.4. The van der Waals surface area contributed by atoms with Crippen LogP contribution in [0.5, 0.6) is 5.75 Å².